The Labute approximate surface area is 110 Å². The lowest BCUT2D eigenvalue weighted by atomic mass is 10.1. The molecule has 1 fully saturated rings. The molecule has 1 atom stereocenters. The highest BCUT2D eigenvalue weighted by atomic mass is 16.6. The number of nitrogens with one attached hydrogen (secondary N) is 2. The molecule has 1 aliphatic rings. The molecule has 0 aliphatic carbocycles. The molecule has 0 saturated carbocycles. The maximum absolute atomic E-state index is 10.9. The standard InChI is InChI=1S/C11H17N5O3/c12-15-10-2-1-9(16(17)18)11(14-10)13-5-3-8-4-6-19-7-8/h1-2,8H,3-7,12H2,(H2,13,14,15). The molecule has 0 aromatic carbocycles. The largest absolute Gasteiger partial charge is 0.381 e. The lowest BCUT2D eigenvalue weighted by molar-refractivity contribution is -0.384. The number of ether oxygens (including phenoxy) is 1. The van der Waals surface area contributed by atoms with Crippen molar-refractivity contribution in [2.45, 2.75) is 12.8 Å². The van der Waals surface area contributed by atoms with E-state index in [0.29, 0.717) is 18.3 Å². The van der Waals surface area contributed by atoms with E-state index in [1.807, 2.05) is 0 Å². The van der Waals surface area contributed by atoms with Gasteiger partial charge in [0.2, 0.25) is 5.82 Å². The van der Waals surface area contributed by atoms with Crippen molar-refractivity contribution in [2.24, 2.45) is 11.8 Å². The zero-order valence-corrected chi connectivity index (χ0v) is 10.5. The summed E-state index contributed by atoms with van der Waals surface area (Å²) in [5, 5.41) is 13.9. The Balaban J connectivity index is 1.98. The minimum Gasteiger partial charge on any atom is -0.381 e. The first kappa shape index (κ1) is 13.5. The van der Waals surface area contributed by atoms with Crippen molar-refractivity contribution in [1.29, 1.82) is 0 Å². The van der Waals surface area contributed by atoms with Crippen LogP contribution in [0.15, 0.2) is 12.1 Å². The lowest BCUT2D eigenvalue weighted by Crippen LogP contribution is -2.13. The number of rotatable bonds is 6. The van der Waals surface area contributed by atoms with Gasteiger partial charge < -0.3 is 15.5 Å². The summed E-state index contributed by atoms with van der Waals surface area (Å²) in [5.41, 5.74) is 2.32. The molecule has 4 N–H and O–H groups in total. The highest BCUT2D eigenvalue weighted by Crippen LogP contribution is 2.24. The number of nitro groups is 1. The molecular weight excluding hydrogens is 250 g/mol. The molecule has 2 heterocycles. The van der Waals surface area contributed by atoms with Crippen LogP contribution in [0.1, 0.15) is 12.8 Å². The van der Waals surface area contributed by atoms with Crippen molar-refractivity contribution in [1.82, 2.24) is 4.98 Å². The molecule has 0 spiro atoms. The highest BCUT2D eigenvalue weighted by Gasteiger charge is 2.18. The maximum Gasteiger partial charge on any atom is 0.311 e. The number of nitrogens with two attached hydrogens (primary N) is 1. The number of pyridine rings is 1. The van der Waals surface area contributed by atoms with Crippen molar-refractivity contribution in [3.05, 3.63) is 22.2 Å². The van der Waals surface area contributed by atoms with Crippen LogP contribution < -0.4 is 16.6 Å². The van der Waals surface area contributed by atoms with Crippen LogP contribution in [0.5, 0.6) is 0 Å². The second-order valence-corrected chi connectivity index (χ2v) is 4.41. The zero-order chi connectivity index (χ0) is 13.7. The molecule has 8 heteroatoms. The highest BCUT2D eigenvalue weighted by molar-refractivity contribution is 5.59. The number of hydrogen-bond donors (Lipinski definition) is 3. The molecule has 0 radical (unpaired) electrons. The Morgan fingerprint density at radius 3 is 3.05 bits per heavy atom. The third-order valence-electron chi connectivity index (χ3n) is 3.09. The van der Waals surface area contributed by atoms with E-state index in [0.717, 1.165) is 26.1 Å². The Bertz CT molecular complexity index is 448. The van der Waals surface area contributed by atoms with Crippen LogP contribution in [0, 0.1) is 16.0 Å². The van der Waals surface area contributed by atoms with Crippen LogP contribution in [0.25, 0.3) is 0 Å². The summed E-state index contributed by atoms with van der Waals surface area (Å²) < 4.78 is 5.28. The number of aromatic nitrogens is 1. The van der Waals surface area contributed by atoms with E-state index in [2.05, 4.69) is 15.7 Å². The quantitative estimate of drug-likeness (QED) is 0.401. The summed E-state index contributed by atoms with van der Waals surface area (Å²) in [5.74, 6) is 6.38. The Hall–Kier alpha value is -1.93. The van der Waals surface area contributed by atoms with Gasteiger partial charge in [-0.2, -0.15) is 0 Å². The van der Waals surface area contributed by atoms with Crippen LogP contribution >= 0.6 is 0 Å². The molecule has 1 aromatic heterocycles. The van der Waals surface area contributed by atoms with E-state index in [-0.39, 0.29) is 11.5 Å². The molecule has 104 valence electrons. The minimum absolute atomic E-state index is 0.0540. The molecular formula is C11H17N5O3. The Morgan fingerprint density at radius 1 is 1.58 bits per heavy atom. The van der Waals surface area contributed by atoms with E-state index in [1.54, 1.807) is 0 Å². The van der Waals surface area contributed by atoms with Crippen molar-refractivity contribution in [3.8, 4) is 0 Å². The predicted molar refractivity (Wildman–Crippen MR) is 70.7 cm³/mol. The monoisotopic (exact) mass is 267 g/mol. The molecule has 0 bridgehead atoms. The van der Waals surface area contributed by atoms with Gasteiger partial charge in [-0.15, -0.1) is 0 Å². The molecule has 1 aromatic rings. The van der Waals surface area contributed by atoms with E-state index >= 15 is 0 Å². The first-order valence-corrected chi connectivity index (χ1v) is 6.14. The van der Waals surface area contributed by atoms with Crippen molar-refractivity contribution < 1.29 is 9.66 Å². The fourth-order valence-corrected chi connectivity index (χ4v) is 2.02. The topological polar surface area (TPSA) is 115 Å². The second-order valence-electron chi connectivity index (χ2n) is 4.41. The summed E-state index contributed by atoms with van der Waals surface area (Å²) in [4.78, 5) is 14.5. The van der Waals surface area contributed by atoms with Gasteiger partial charge in [0, 0.05) is 25.8 Å². The van der Waals surface area contributed by atoms with Gasteiger partial charge in [0.1, 0.15) is 5.82 Å². The summed E-state index contributed by atoms with van der Waals surface area (Å²) in [7, 11) is 0. The van der Waals surface area contributed by atoms with Gasteiger partial charge in [-0.1, -0.05) is 0 Å². The number of hydrogen-bond acceptors (Lipinski definition) is 7. The first-order chi connectivity index (χ1) is 9.20. The molecule has 8 nitrogen and oxygen atoms in total. The second kappa shape index (κ2) is 6.30. The Kier molecular flexibility index (Phi) is 4.48. The normalized spacial score (nSPS) is 18.3. The van der Waals surface area contributed by atoms with E-state index in [9.17, 15) is 10.1 Å². The Morgan fingerprint density at radius 2 is 2.42 bits per heavy atom. The molecule has 2 rings (SSSR count). The van der Waals surface area contributed by atoms with Gasteiger partial charge in [0.05, 0.1) is 4.92 Å². The molecule has 1 aliphatic heterocycles. The fourth-order valence-electron chi connectivity index (χ4n) is 2.02. The fraction of sp³-hybridized carbons (Fsp3) is 0.545. The van der Waals surface area contributed by atoms with Gasteiger partial charge >= 0.3 is 5.69 Å². The van der Waals surface area contributed by atoms with Crippen LogP contribution in [0.4, 0.5) is 17.3 Å². The van der Waals surface area contributed by atoms with Crippen LogP contribution in [0.2, 0.25) is 0 Å². The molecule has 19 heavy (non-hydrogen) atoms. The first-order valence-electron chi connectivity index (χ1n) is 6.14. The van der Waals surface area contributed by atoms with Crippen molar-refractivity contribution in [3.63, 3.8) is 0 Å². The molecule has 1 saturated heterocycles. The maximum atomic E-state index is 10.9. The van der Waals surface area contributed by atoms with E-state index in [4.69, 9.17) is 10.6 Å². The van der Waals surface area contributed by atoms with E-state index in [1.165, 1.54) is 12.1 Å². The number of nitrogen functional groups attached to an aromatic ring is 1. The predicted octanol–water partition coefficient (Wildman–Crippen LogP) is 1.11. The summed E-state index contributed by atoms with van der Waals surface area (Å²) in [6, 6.07) is 2.84. The van der Waals surface area contributed by atoms with Gasteiger partial charge in [0.25, 0.3) is 0 Å². The zero-order valence-electron chi connectivity index (χ0n) is 10.5. The smallest absolute Gasteiger partial charge is 0.311 e. The van der Waals surface area contributed by atoms with Crippen LogP contribution in [-0.2, 0) is 4.74 Å². The summed E-state index contributed by atoms with van der Waals surface area (Å²) in [6.07, 6.45) is 1.95. The summed E-state index contributed by atoms with van der Waals surface area (Å²) >= 11 is 0. The average Bonchev–Trinajstić information content (AvgIpc) is 2.91. The van der Waals surface area contributed by atoms with Crippen molar-refractivity contribution in [2.75, 3.05) is 30.5 Å². The number of hydrazine groups is 1. The number of anilines is 2. The lowest BCUT2D eigenvalue weighted by Gasteiger charge is -2.10. The van der Waals surface area contributed by atoms with Gasteiger partial charge in [-0.05, 0) is 24.8 Å². The van der Waals surface area contributed by atoms with Gasteiger partial charge in [0.15, 0.2) is 0 Å². The van der Waals surface area contributed by atoms with Gasteiger partial charge in [-0.3, -0.25) is 10.1 Å². The third-order valence-corrected chi connectivity index (χ3v) is 3.09. The number of nitrogens with zero attached hydrogens (tertiary/aromatic N) is 2. The minimum atomic E-state index is -0.464. The van der Waals surface area contributed by atoms with Crippen molar-refractivity contribution >= 4 is 17.3 Å². The van der Waals surface area contributed by atoms with E-state index < -0.39 is 4.92 Å². The average molecular weight is 267 g/mol. The summed E-state index contributed by atoms with van der Waals surface area (Å²) in [6.45, 7) is 2.19. The van der Waals surface area contributed by atoms with Crippen LogP contribution in [-0.4, -0.2) is 29.7 Å². The molecule has 0 amide bonds. The SMILES string of the molecule is NNc1ccc([N+](=O)[O-])c(NCCC2CCOC2)n1. The van der Waals surface area contributed by atoms with Crippen LogP contribution in [0.3, 0.4) is 0 Å². The molecule has 1 unspecified atom stereocenters. The third kappa shape index (κ3) is 3.52. The van der Waals surface area contributed by atoms with Gasteiger partial charge in [-0.25, -0.2) is 10.8 Å².